The molecular weight excluding hydrogens is 1070 g/mol. The van der Waals surface area contributed by atoms with Crippen molar-refractivity contribution in [3.8, 4) is 51.2 Å². The number of carboxylic acid groups (broad SMARTS) is 2. The third-order valence-electron chi connectivity index (χ3n) is 13.1. The van der Waals surface area contributed by atoms with Gasteiger partial charge in [-0.2, -0.15) is 9.10 Å². The maximum absolute atomic E-state index is 16.6. The van der Waals surface area contributed by atoms with Gasteiger partial charge in [0.15, 0.2) is 0 Å². The van der Waals surface area contributed by atoms with E-state index in [2.05, 4.69) is 30.0 Å². The molecular formula is C55H62N12O11S2. The summed E-state index contributed by atoms with van der Waals surface area (Å²) in [5.41, 5.74) is 1.19. The maximum atomic E-state index is 16.6. The molecule has 0 aliphatic carbocycles. The summed E-state index contributed by atoms with van der Waals surface area (Å²) in [6.45, 7) is 7.92. The van der Waals surface area contributed by atoms with Crippen LogP contribution in [0.4, 0.5) is 9.59 Å². The van der Waals surface area contributed by atoms with Crippen LogP contribution in [0.5, 0.6) is 17.2 Å². The standard InChI is InChI=1S/C55H62N12O11S2/c1-54(2,3)65(52(68)69)33-40(34-66(53(70)71)55(4,5)6)61-79(72,73)47-23-22-44(39-24-27-57-45(28-39)46-29-58-48-25-26-56-35-64(46)48)49(51-59-62-67(60-51)32-38-14-20-43(78-9)21-15-38)50(47)80(74,75)63(30-36-10-16-41(76-7)17-11-36)31-37-12-18-42(77-8)19-13-37/h10-29,35,40,61H,30-34H2,1-9H3,(H,68,69)(H,70,71). The molecule has 25 heteroatoms. The van der Waals surface area contributed by atoms with Crippen LogP contribution in [-0.2, 0) is 39.7 Å². The molecule has 0 saturated carbocycles. The van der Waals surface area contributed by atoms with Crippen molar-refractivity contribution in [1.29, 1.82) is 0 Å². The number of pyridine rings is 1. The Balaban J connectivity index is 1.42. The molecule has 420 valence electrons. The third-order valence-corrected chi connectivity index (χ3v) is 16.6. The van der Waals surface area contributed by atoms with Gasteiger partial charge in [-0.25, -0.2) is 41.1 Å². The quantitative estimate of drug-likeness (QED) is 0.0619. The van der Waals surface area contributed by atoms with Crippen LogP contribution >= 0.6 is 0 Å². The van der Waals surface area contributed by atoms with Crippen molar-refractivity contribution in [2.75, 3.05) is 34.4 Å². The average molecular weight is 1130 g/mol. The van der Waals surface area contributed by atoms with E-state index in [1.165, 1.54) is 38.4 Å². The lowest BCUT2D eigenvalue weighted by molar-refractivity contribution is 0.0743. The highest BCUT2D eigenvalue weighted by Gasteiger charge is 2.41. The summed E-state index contributed by atoms with van der Waals surface area (Å²) in [4.78, 5) is 40.9. The predicted molar refractivity (Wildman–Crippen MR) is 296 cm³/mol. The topological polar surface area (TPSA) is 279 Å². The highest BCUT2D eigenvalue weighted by atomic mass is 32.2. The number of carbonyl (C=O) groups is 2. The molecule has 3 N–H and O–H groups in total. The van der Waals surface area contributed by atoms with Crippen LogP contribution in [0, 0.1) is 0 Å². The number of fused-ring (bicyclic) bond motifs is 1. The highest BCUT2D eigenvalue weighted by Crippen LogP contribution is 2.42. The summed E-state index contributed by atoms with van der Waals surface area (Å²) in [6.07, 6.45) is 3.45. The van der Waals surface area contributed by atoms with Gasteiger partial charge in [0, 0.05) is 49.7 Å². The van der Waals surface area contributed by atoms with Gasteiger partial charge in [0.05, 0.1) is 57.1 Å². The van der Waals surface area contributed by atoms with Crippen LogP contribution in [0.25, 0.3) is 39.5 Å². The molecule has 0 radical (unpaired) electrons. The first kappa shape index (κ1) is 57.6. The Bertz CT molecular complexity index is 3650. The molecule has 23 nitrogen and oxygen atoms in total. The number of hydrogen-bond acceptors (Lipinski definition) is 15. The largest absolute Gasteiger partial charge is 0.497 e. The van der Waals surface area contributed by atoms with E-state index in [1.807, 2.05) is 0 Å². The van der Waals surface area contributed by atoms with E-state index in [0.29, 0.717) is 51.0 Å². The van der Waals surface area contributed by atoms with Gasteiger partial charge < -0.3 is 34.2 Å². The van der Waals surface area contributed by atoms with E-state index in [1.54, 1.807) is 156 Å². The number of sulfonamides is 2. The Morgan fingerprint density at radius 1 is 0.688 bits per heavy atom. The Hall–Kier alpha value is -8.52. The predicted octanol–water partition coefficient (Wildman–Crippen LogP) is 7.78. The lowest BCUT2D eigenvalue weighted by atomic mass is 9.99. The zero-order valence-electron chi connectivity index (χ0n) is 45.5. The maximum Gasteiger partial charge on any atom is 0.407 e. The van der Waals surface area contributed by atoms with Gasteiger partial charge in [-0.15, -0.1) is 10.2 Å². The first-order chi connectivity index (χ1) is 37.9. The fourth-order valence-electron chi connectivity index (χ4n) is 8.92. The molecule has 0 bridgehead atoms. The molecule has 80 heavy (non-hydrogen) atoms. The van der Waals surface area contributed by atoms with Crippen molar-refractivity contribution in [2.24, 2.45) is 0 Å². The number of nitrogens with one attached hydrogen (secondary N) is 1. The van der Waals surface area contributed by atoms with Gasteiger partial charge in [0.2, 0.25) is 25.9 Å². The van der Waals surface area contributed by atoms with Gasteiger partial charge >= 0.3 is 12.2 Å². The van der Waals surface area contributed by atoms with Crippen LogP contribution in [0.15, 0.2) is 138 Å². The van der Waals surface area contributed by atoms with Crippen molar-refractivity contribution in [3.63, 3.8) is 0 Å². The fourth-order valence-corrected chi connectivity index (χ4v) is 12.5. The van der Waals surface area contributed by atoms with Gasteiger partial charge in [0.1, 0.15) is 39.0 Å². The summed E-state index contributed by atoms with van der Waals surface area (Å²) in [5.74, 6) is 1.32. The zero-order valence-corrected chi connectivity index (χ0v) is 47.2. The van der Waals surface area contributed by atoms with Crippen molar-refractivity contribution >= 4 is 37.9 Å². The fraction of sp³-hybridized carbons (Fsp3) is 0.309. The zero-order chi connectivity index (χ0) is 57.7. The number of hydrogen-bond donors (Lipinski definition) is 3. The minimum atomic E-state index is -5.20. The van der Waals surface area contributed by atoms with Crippen LogP contribution in [0.3, 0.4) is 0 Å². The Morgan fingerprint density at radius 2 is 1.23 bits per heavy atom. The Morgan fingerprint density at radius 3 is 1.74 bits per heavy atom. The smallest absolute Gasteiger partial charge is 0.407 e. The van der Waals surface area contributed by atoms with Crippen LogP contribution in [0.2, 0.25) is 0 Å². The summed E-state index contributed by atoms with van der Waals surface area (Å²) >= 11 is 0. The number of aromatic nitrogens is 8. The number of benzene rings is 4. The van der Waals surface area contributed by atoms with E-state index in [0.717, 1.165) is 25.7 Å². The normalized spacial score (nSPS) is 12.2. The number of nitrogens with zero attached hydrogens (tertiary/aromatic N) is 11. The number of amides is 2. The van der Waals surface area contributed by atoms with E-state index in [4.69, 9.17) is 19.3 Å². The first-order valence-electron chi connectivity index (χ1n) is 25.0. The molecule has 0 aliphatic rings. The second-order valence-electron chi connectivity index (χ2n) is 20.6. The monoisotopic (exact) mass is 1130 g/mol. The Kier molecular flexibility index (Phi) is 16.9. The van der Waals surface area contributed by atoms with Crippen LogP contribution < -0.4 is 18.9 Å². The summed E-state index contributed by atoms with van der Waals surface area (Å²) in [5, 5.41) is 34.6. The molecule has 4 aromatic carbocycles. The Labute approximate surface area is 463 Å². The minimum Gasteiger partial charge on any atom is -0.497 e. The molecule has 2 amide bonds. The summed E-state index contributed by atoms with van der Waals surface area (Å²) < 4.78 is 86.4. The number of methoxy groups -OCH3 is 3. The molecule has 4 aromatic heterocycles. The van der Waals surface area contributed by atoms with E-state index in [9.17, 15) is 19.8 Å². The van der Waals surface area contributed by atoms with Crippen molar-refractivity contribution in [3.05, 3.63) is 145 Å². The molecule has 0 saturated heterocycles. The lowest BCUT2D eigenvalue weighted by Crippen LogP contribution is -2.58. The molecule has 8 rings (SSSR count). The van der Waals surface area contributed by atoms with Gasteiger partial charge in [-0.1, -0.05) is 42.5 Å². The minimum absolute atomic E-state index is 0.0418. The lowest BCUT2D eigenvalue weighted by Gasteiger charge is -2.40. The SMILES string of the molecule is COc1ccc(CN(Cc2ccc(OC)cc2)S(=O)(=O)c2c(S(=O)(=O)NC(CN(C(=O)O)C(C)(C)C)CN(C(=O)O)C(C)(C)C)ccc(-c3ccnc(-c4cnc5ccncn45)c3)c2-c2nnn(Cc3ccc(OC)cc3)n2)cc1. The summed E-state index contributed by atoms with van der Waals surface area (Å²) in [6, 6.07) is 26.6. The average Bonchev–Trinajstić information content (AvgIpc) is 4.08. The second-order valence-corrected chi connectivity index (χ2v) is 24.2. The first-order valence-corrected chi connectivity index (χ1v) is 27.9. The molecule has 4 heterocycles. The van der Waals surface area contributed by atoms with Crippen molar-refractivity contribution < 1.29 is 50.8 Å². The molecule has 0 aliphatic heterocycles. The second kappa shape index (κ2) is 23.4. The van der Waals surface area contributed by atoms with Gasteiger partial charge in [0.25, 0.3) is 0 Å². The van der Waals surface area contributed by atoms with E-state index >= 15 is 16.8 Å². The van der Waals surface area contributed by atoms with Gasteiger partial charge in [-0.3, -0.25) is 9.38 Å². The van der Waals surface area contributed by atoms with E-state index < -0.39 is 72.2 Å². The molecule has 0 fully saturated rings. The third kappa shape index (κ3) is 13.0. The number of ether oxygens (including phenoxy) is 3. The molecule has 0 spiro atoms. The van der Waals surface area contributed by atoms with Crippen molar-refractivity contribution in [1.82, 2.24) is 58.4 Å². The number of rotatable bonds is 21. The summed E-state index contributed by atoms with van der Waals surface area (Å²) in [7, 11) is -5.84. The van der Waals surface area contributed by atoms with Gasteiger partial charge in [-0.05, 0) is 135 Å². The molecule has 0 atom stereocenters. The van der Waals surface area contributed by atoms with E-state index in [-0.39, 0.29) is 36.6 Å². The molecule has 0 unspecified atom stereocenters. The number of imidazole rings is 1. The molecule has 8 aromatic rings. The van der Waals surface area contributed by atoms with Crippen LogP contribution in [0.1, 0.15) is 58.2 Å². The highest BCUT2D eigenvalue weighted by molar-refractivity contribution is 7.92. The number of tetrazole rings is 1. The van der Waals surface area contributed by atoms with Crippen molar-refractivity contribution in [2.45, 2.75) is 88.1 Å². The van der Waals surface area contributed by atoms with Crippen LogP contribution in [-0.4, -0.2) is 144 Å².